The highest BCUT2D eigenvalue weighted by Gasteiger charge is 2.32. The minimum absolute atomic E-state index is 0.0223. The average molecular weight is 571 g/mol. The largest absolute Gasteiger partial charge is 0.465 e. The molecule has 1 aromatic carbocycles. The van der Waals surface area contributed by atoms with Gasteiger partial charge >= 0.3 is 11.7 Å². The lowest BCUT2D eigenvalue weighted by molar-refractivity contribution is 0.0600. The van der Waals surface area contributed by atoms with Gasteiger partial charge in [-0.1, -0.05) is 13.8 Å². The molecule has 218 valence electrons. The number of ether oxygens (including phenoxy) is 1. The Hall–Kier alpha value is -4.18. The molecule has 1 saturated carbocycles. The number of hydrogen-bond donors (Lipinski definition) is 1. The molecule has 0 amide bonds. The maximum atomic E-state index is 15.5. The Morgan fingerprint density at radius 2 is 1.95 bits per heavy atom. The number of carbonyl (C=O) groups excluding carboxylic acids is 1. The normalized spacial score (nSPS) is 17.2. The van der Waals surface area contributed by atoms with Crippen molar-refractivity contribution in [2.24, 2.45) is 0 Å². The highest BCUT2D eigenvalue weighted by molar-refractivity contribution is 5.94. The number of anilines is 1. The third-order valence-corrected chi connectivity index (χ3v) is 8.24. The summed E-state index contributed by atoms with van der Waals surface area (Å²) in [5.74, 6) is -0.269. The summed E-state index contributed by atoms with van der Waals surface area (Å²) in [6.07, 6.45) is 3.64. The standard InChI is InChI=1S/C32H35FN6O3/c1-17(2)26-28(18(3)10-11-35-26)39-30-24(29(37-32(39)41)38-13-12-34-16-19(38)4)15-22(20-6-7-20)27(36-30)23-14-21(31(40)42-5)8-9-25(23)33/h8-11,14-15,17,19-20,34H,6-7,12-13,16H2,1-5H3. The second-order valence-corrected chi connectivity index (χ2v) is 11.6. The fraction of sp³-hybridized carbons (Fsp3) is 0.406. The number of methoxy groups -OCH3 is 1. The Bertz CT molecular complexity index is 1760. The van der Waals surface area contributed by atoms with Gasteiger partial charge in [-0.05, 0) is 80.0 Å². The number of esters is 1. The van der Waals surface area contributed by atoms with E-state index in [4.69, 9.17) is 9.72 Å². The van der Waals surface area contributed by atoms with Crippen LogP contribution < -0.4 is 15.9 Å². The van der Waals surface area contributed by atoms with E-state index in [9.17, 15) is 9.59 Å². The Morgan fingerprint density at radius 1 is 1.17 bits per heavy atom. The topological polar surface area (TPSA) is 102 Å². The average Bonchev–Trinajstić information content (AvgIpc) is 3.82. The summed E-state index contributed by atoms with van der Waals surface area (Å²) in [5.41, 5.74) is 3.88. The van der Waals surface area contributed by atoms with Crippen LogP contribution in [-0.2, 0) is 4.74 Å². The number of halogens is 1. The van der Waals surface area contributed by atoms with E-state index in [1.54, 1.807) is 6.20 Å². The highest BCUT2D eigenvalue weighted by atomic mass is 19.1. The highest BCUT2D eigenvalue weighted by Crippen LogP contribution is 2.46. The number of aromatic nitrogens is 4. The van der Waals surface area contributed by atoms with Crippen LogP contribution in [0.1, 0.15) is 72.6 Å². The summed E-state index contributed by atoms with van der Waals surface area (Å²) in [4.78, 5) is 43.0. The minimum atomic E-state index is -0.561. The summed E-state index contributed by atoms with van der Waals surface area (Å²) in [5, 5.41) is 4.13. The van der Waals surface area contributed by atoms with E-state index in [1.807, 2.05) is 32.9 Å². The zero-order valence-electron chi connectivity index (χ0n) is 24.6. The van der Waals surface area contributed by atoms with Gasteiger partial charge in [-0.15, -0.1) is 0 Å². The van der Waals surface area contributed by atoms with Gasteiger partial charge < -0.3 is 15.0 Å². The summed E-state index contributed by atoms with van der Waals surface area (Å²) in [7, 11) is 1.29. The van der Waals surface area contributed by atoms with E-state index in [0.29, 0.717) is 29.4 Å². The quantitative estimate of drug-likeness (QED) is 0.328. The smallest absolute Gasteiger partial charge is 0.355 e. The van der Waals surface area contributed by atoms with E-state index >= 15 is 4.39 Å². The Balaban J connectivity index is 1.73. The Kier molecular flexibility index (Phi) is 7.26. The number of nitrogens with one attached hydrogen (secondary N) is 1. The van der Waals surface area contributed by atoms with Crippen LogP contribution in [0.25, 0.3) is 28.0 Å². The number of aryl methyl sites for hydroxylation is 1. The molecule has 0 radical (unpaired) electrons. The molecule has 1 aliphatic heterocycles. The number of fused-ring (bicyclic) bond motifs is 1. The lowest BCUT2D eigenvalue weighted by Gasteiger charge is -2.35. The van der Waals surface area contributed by atoms with Crippen molar-refractivity contribution in [3.05, 3.63) is 75.2 Å². The Labute approximate surface area is 243 Å². The second kappa shape index (κ2) is 10.9. The monoisotopic (exact) mass is 570 g/mol. The maximum absolute atomic E-state index is 15.5. The van der Waals surface area contributed by atoms with E-state index in [1.165, 1.54) is 29.9 Å². The predicted molar refractivity (Wildman–Crippen MR) is 160 cm³/mol. The van der Waals surface area contributed by atoms with E-state index in [0.717, 1.165) is 48.1 Å². The van der Waals surface area contributed by atoms with E-state index in [-0.39, 0.29) is 29.0 Å². The van der Waals surface area contributed by atoms with Gasteiger partial charge in [-0.2, -0.15) is 4.98 Å². The van der Waals surface area contributed by atoms with Gasteiger partial charge in [0.25, 0.3) is 0 Å². The lowest BCUT2D eigenvalue weighted by Crippen LogP contribution is -2.50. The van der Waals surface area contributed by atoms with Crippen LogP contribution in [0.3, 0.4) is 0 Å². The number of nitrogens with zero attached hydrogens (tertiary/aromatic N) is 5. The molecule has 1 aliphatic carbocycles. The third kappa shape index (κ3) is 4.83. The molecule has 0 spiro atoms. The first-order valence-corrected chi connectivity index (χ1v) is 14.5. The molecule has 1 N–H and O–H groups in total. The molecule has 10 heteroatoms. The first-order chi connectivity index (χ1) is 20.2. The number of benzene rings is 1. The number of hydrogen-bond acceptors (Lipinski definition) is 8. The zero-order chi connectivity index (χ0) is 29.7. The van der Waals surface area contributed by atoms with Crippen molar-refractivity contribution >= 4 is 22.8 Å². The van der Waals surface area contributed by atoms with Gasteiger partial charge in [0.1, 0.15) is 11.6 Å². The third-order valence-electron chi connectivity index (χ3n) is 8.24. The maximum Gasteiger partial charge on any atom is 0.355 e. The van der Waals surface area contributed by atoms with Crippen molar-refractivity contribution in [1.82, 2.24) is 24.8 Å². The minimum Gasteiger partial charge on any atom is -0.465 e. The number of pyridine rings is 2. The molecular formula is C32H35FN6O3. The summed E-state index contributed by atoms with van der Waals surface area (Å²) >= 11 is 0. The molecule has 0 bridgehead atoms. The van der Waals surface area contributed by atoms with Crippen LogP contribution >= 0.6 is 0 Å². The zero-order valence-corrected chi connectivity index (χ0v) is 24.6. The fourth-order valence-electron chi connectivity index (χ4n) is 5.88. The molecule has 6 rings (SSSR count). The second-order valence-electron chi connectivity index (χ2n) is 11.6. The predicted octanol–water partition coefficient (Wildman–Crippen LogP) is 4.88. The van der Waals surface area contributed by atoms with Gasteiger partial charge in [0.2, 0.25) is 0 Å². The van der Waals surface area contributed by atoms with Gasteiger partial charge in [0, 0.05) is 37.4 Å². The van der Waals surface area contributed by atoms with E-state index < -0.39 is 17.5 Å². The van der Waals surface area contributed by atoms with Gasteiger partial charge in [-0.25, -0.2) is 23.5 Å². The SMILES string of the molecule is COC(=O)c1ccc(F)c(-c2nc3c(cc2C2CC2)c(N2CCNCC2C)nc(=O)n3-c2c(C)ccnc2C(C)C)c1. The van der Waals surface area contributed by atoms with Crippen molar-refractivity contribution in [3.63, 3.8) is 0 Å². The van der Waals surface area contributed by atoms with Crippen LogP contribution in [0.4, 0.5) is 10.2 Å². The van der Waals surface area contributed by atoms with Crippen molar-refractivity contribution in [2.75, 3.05) is 31.6 Å². The summed E-state index contributed by atoms with van der Waals surface area (Å²) in [6, 6.07) is 8.16. The molecule has 1 saturated heterocycles. The number of rotatable bonds is 6. The first-order valence-electron chi connectivity index (χ1n) is 14.5. The van der Waals surface area contributed by atoms with Gasteiger partial charge in [-0.3, -0.25) is 4.98 Å². The lowest BCUT2D eigenvalue weighted by atomic mass is 9.98. The van der Waals surface area contributed by atoms with Crippen molar-refractivity contribution in [3.8, 4) is 16.9 Å². The molecule has 9 nitrogen and oxygen atoms in total. The van der Waals surface area contributed by atoms with Crippen LogP contribution in [0.15, 0.2) is 41.3 Å². The van der Waals surface area contributed by atoms with Gasteiger partial charge in [0.15, 0.2) is 5.65 Å². The van der Waals surface area contributed by atoms with Crippen LogP contribution in [-0.4, -0.2) is 58.3 Å². The molecule has 1 atom stereocenters. The van der Waals surface area contributed by atoms with Crippen LogP contribution in [0.2, 0.25) is 0 Å². The Morgan fingerprint density at radius 3 is 2.64 bits per heavy atom. The van der Waals surface area contributed by atoms with Crippen LogP contribution in [0.5, 0.6) is 0 Å². The molecule has 42 heavy (non-hydrogen) atoms. The van der Waals surface area contributed by atoms with Crippen molar-refractivity contribution in [2.45, 2.75) is 58.4 Å². The molecule has 2 aliphatic rings. The molecule has 3 aromatic heterocycles. The van der Waals surface area contributed by atoms with Gasteiger partial charge in [0.05, 0.1) is 35.1 Å². The van der Waals surface area contributed by atoms with Crippen molar-refractivity contribution < 1.29 is 13.9 Å². The molecular weight excluding hydrogens is 535 g/mol. The van der Waals surface area contributed by atoms with Crippen molar-refractivity contribution in [1.29, 1.82) is 0 Å². The number of piperazine rings is 1. The van der Waals surface area contributed by atoms with E-state index in [2.05, 4.69) is 27.1 Å². The number of carbonyl (C=O) groups is 1. The molecule has 4 heterocycles. The summed E-state index contributed by atoms with van der Waals surface area (Å²) < 4.78 is 22.0. The molecule has 2 fully saturated rings. The fourth-order valence-corrected chi connectivity index (χ4v) is 5.88. The first kappa shape index (κ1) is 28.0. The molecule has 1 unspecified atom stereocenters. The summed E-state index contributed by atoms with van der Waals surface area (Å²) in [6.45, 7) is 10.3. The molecule has 4 aromatic rings. The van der Waals surface area contributed by atoms with Crippen LogP contribution in [0, 0.1) is 12.7 Å².